The van der Waals surface area contributed by atoms with E-state index >= 15 is 0 Å². The van der Waals surface area contributed by atoms with E-state index in [0.717, 1.165) is 5.69 Å². The standard InChI is InChI=1S/C20H18FN5O2S/c1-28-17-9-5-4-8-16(17)23-19(27)22-11-10-13-12-29-20-24-18(25-26(13)20)14-6-2-3-7-15(14)21/h2-9,12H,10-11H2,1H3,(H2,22,23,27). The lowest BCUT2D eigenvalue weighted by Gasteiger charge is -2.10. The molecule has 0 spiro atoms. The van der Waals surface area contributed by atoms with Gasteiger partial charge in [-0.25, -0.2) is 13.7 Å². The second kappa shape index (κ2) is 8.27. The zero-order chi connectivity index (χ0) is 20.2. The second-order valence-electron chi connectivity index (χ2n) is 6.17. The summed E-state index contributed by atoms with van der Waals surface area (Å²) in [7, 11) is 1.55. The number of para-hydroxylation sites is 2. The summed E-state index contributed by atoms with van der Waals surface area (Å²) in [6.45, 7) is 0.404. The molecule has 0 aliphatic rings. The number of aromatic nitrogens is 3. The molecule has 7 nitrogen and oxygen atoms in total. The van der Waals surface area contributed by atoms with Gasteiger partial charge in [-0.1, -0.05) is 24.3 Å². The molecular weight excluding hydrogens is 393 g/mol. The Hall–Kier alpha value is -3.46. The third kappa shape index (κ3) is 4.04. The maximum Gasteiger partial charge on any atom is 0.319 e. The van der Waals surface area contributed by atoms with Crippen molar-refractivity contribution in [2.45, 2.75) is 6.42 Å². The number of nitrogens with one attached hydrogen (secondary N) is 2. The Kier molecular flexibility index (Phi) is 5.39. The highest BCUT2D eigenvalue weighted by Gasteiger charge is 2.14. The van der Waals surface area contributed by atoms with E-state index in [0.29, 0.717) is 40.8 Å². The molecule has 148 valence electrons. The van der Waals surface area contributed by atoms with Crippen LogP contribution in [0.25, 0.3) is 16.3 Å². The van der Waals surface area contributed by atoms with Crippen LogP contribution in [-0.4, -0.2) is 34.3 Å². The van der Waals surface area contributed by atoms with Crippen LogP contribution in [-0.2, 0) is 6.42 Å². The fraction of sp³-hybridized carbons (Fsp3) is 0.150. The molecule has 9 heteroatoms. The monoisotopic (exact) mass is 411 g/mol. The average molecular weight is 411 g/mol. The van der Waals surface area contributed by atoms with Crippen molar-refractivity contribution >= 4 is 28.0 Å². The number of methoxy groups -OCH3 is 1. The number of ether oxygens (including phenoxy) is 1. The van der Waals surface area contributed by atoms with E-state index in [-0.39, 0.29) is 11.8 Å². The van der Waals surface area contributed by atoms with Crippen LogP contribution in [0.5, 0.6) is 5.75 Å². The summed E-state index contributed by atoms with van der Waals surface area (Å²) >= 11 is 1.42. The minimum absolute atomic E-state index is 0.327. The van der Waals surface area contributed by atoms with Crippen LogP contribution >= 0.6 is 11.3 Å². The molecule has 0 bridgehead atoms. The molecule has 4 aromatic rings. The number of amides is 2. The van der Waals surface area contributed by atoms with Crippen molar-refractivity contribution in [3.63, 3.8) is 0 Å². The van der Waals surface area contributed by atoms with Gasteiger partial charge in [0.05, 0.1) is 24.1 Å². The number of halogens is 1. The summed E-state index contributed by atoms with van der Waals surface area (Å²) in [4.78, 5) is 17.2. The molecule has 2 aromatic heterocycles. The maximum absolute atomic E-state index is 14.0. The normalized spacial score (nSPS) is 10.8. The van der Waals surface area contributed by atoms with Gasteiger partial charge in [-0.3, -0.25) is 0 Å². The minimum Gasteiger partial charge on any atom is -0.495 e. The Morgan fingerprint density at radius 1 is 1.21 bits per heavy atom. The van der Waals surface area contributed by atoms with Gasteiger partial charge >= 0.3 is 6.03 Å². The Balaban J connectivity index is 1.40. The van der Waals surface area contributed by atoms with E-state index in [9.17, 15) is 9.18 Å². The summed E-state index contributed by atoms with van der Waals surface area (Å²) in [6, 6.07) is 13.3. The predicted molar refractivity (Wildman–Crippen MR) is 110 cm³/mol. The van der Waals surface area contributed by atoms with E-state index in [4.69, 9.17) is 4.74 Å². The number of rotatable bonds is 6. The lowest BCUT2D eigenvalue weighted by Crippen LogP contribution is -2.30. The van der Waals surface area contributed by atoms with Crippen molar-refractivity contribution in [3.8, 4) is 17.1 Å². The minimum atomic E-state index is -0.359. The smallest absolute Gasteiger partial charge is 0.319 e. The first kappa shape index (κ1) is 18.9. The Bertz CT molecular complexity index is 1160. The molecule has 0 fully saturated rings. The van der Waals surface area contributed by atoms with Crippen LogP contribution in [0.2, 0.25) is 0 Å². The lowest BCUT2D eigenvalue weighted by atomic mass is 10.2. The fourth-order valence-corrected chi connectivity index (χ4v) is 3.73. The number of anilines is 1. The third-order valence-electron chi connectivity index (χ3n) is 4.29. The number of urea groups is 1. The van der Waals surface area contributed by atoms with Crippen molar-refractivity contribution in [3.05, 3.63) is 65.4 Å². The van der Waals surface area contributed by atoms with E-state index < -0.39 is 0 Å². The van der Waals surface area contributed by atoms with E-state index in [2.05, 4.69) is 20.7 Å². The highest BCUT2D eigenvalue weighted by molar-refractivity contribution is 7.15. The molecule has 0 aliphatic carbocycles. The van der Waals surface area contributed by atoms with Crippen LogP contribution in [0.1, 0.15) is 5.69 Å². The highest BCUT2D eigenvalue weighted by Crippen LogP contribution is 2.24. The van der Waals surface area contributed by atoms with Gasteiger partial charge in [0.15, 0.2) is 5.82 Å². The molecule has 0 saturated heterocycles. The summed E-state index contributed by atoms with van der Waals surface area (Å²) in [6.07, 6.45) is 0.555. The van der Waals surface area contributed by atoms with Crippen molar-refractivity contribution < 1.29 is 13.9 Å². The van der Waals surface area contributed by atoms with E-state index in [1.54, 1.807) is 42.0 Å². The molecule has 0 atom stereocenters. The molecule has 0 saturated carbocycles. The number of carbonyl (C=O) groups is 1. The largest absolute Gasteiger partial charge is 0.495 e. The summed E-state index contributed by atoms with van der Waals surface area (Å²) in [5, 5.41) is 11.9. The highest BCUT2D eigenvalue weighted by atomic mass is 32.1. The molecular formula is C20H18FN5O2S. The van der Waals surface area contributed by atoms with Crippen molar-refractivity contribution in [2.24, 2.45) is 0 Å². The van der Waals surface area contributed by atoms with E-state index in [1.165, 1.54) is 17.4 Å². The molecule has 2 aromatic carbocycles. The first-order valence-electron chi connectivity index (χ1n) is 8.91. The number of hydrogen-bond donors (Lipinski definition) is 2. The third-order valence-corrected chi connectivity index (χ3v) is 5.15. The average Bonchev–Trinajstić information content (AvgIpc) is 3.30. The van der Waals surface area contributed by atoms with Gasteiger partial charge in [-0.05, 0) is 24.3 Å². The predicted octanol–water partition coefficient (Wildman–Crippen LogP) is 3.97. The first-order valence-corrected chi connectivity index (χ1v) is 9.79. The SMILES string of the molecule is COc1ccccc1NC(=O)NCCc1csc2nc(-c3ccccc3F)nn12. The number of thiazole rings is 1. The Labute approximate surface area is 170 Å². The van der Waals surface area contributed by atoms with Gasteiger partial charge in [0.25, 0.3) is 0 Å². The summed E-state index contributed by atoms with van der Waals surface area (Å²) in [5.41, 5.74) is 1.84. The molecule has 29 heavy (non-hydrogen) atoms. The Morgan fingerprint density at radius 3 is 2.83 bits per heavy atom. The first-order chi connectivity index (χ1) is 14.2. The second-order valence-corrected chi connectivity index (χ2v) is 7.00. The van der Waals surface area contributed by atoms with Crippen LogP contribution in [0.3, 0.4) is 0 Å². The molecule has 0 radical (unpaired) electrons. The summed E-state index contributed by atoms with van der Waals surface area (Å²) in [5.74, 6) is 0.575. The zero-order valence-corrected chi connectivity index (χ0v) is 16.4. The molecule has 2 N–H and O–H groups in total. The maximum atomic E-state index is 14.0. The van der Waals surface area contributed by atoms with Gasteiger partial charge in [-0.2, -0.15) is 4.98 Å². The van der Waals surface area contributed by atoms with E-state index in [1.807, 2.05) is 17.5 Å². The molecule has 0 unspecified atom stereocenters. The fourth-order valence-electron chi connectivity index (χ4n) is 2.87. The summed E-state index contributed by atoms with van der Waals surface area (Å²) < 4.78 is 20.9. The van der Waals surface area contributed by atoms with Crippen molar-refractivity contribution in [1.82, 2.24) is 19.9 Å². The van der Waals surface area contributed by atoms with Gasteiger partial charge in [0.1, 0.15) is 11.6 Å². The van der Waals surface area contributed by atoms with Crippen LogP contribution in [0.4, 0.5) is 14.9 Å². The number of fused-ring (bicyclic) bond motifs is 1. The quantitative estimate of drug-likeness (QED) is 0.503. The van der Waals surface area contributed by atoms with Gasteiger partial charge in [0, 0.05) is 18.3 Å². The van der Waals surface area contributed by atoms with Crippen LogP contribution in [0.15, 0.2) is 53.9 Å². The molecule has 0 aliphatic heterocycles. The molecule has 2 amide bonds. The number of benzene rings is 2. The molecule has 4 rings (SSSR count). The van der Waals surface area contributed by atoms with Crippen molar-refractivity contribution in [2.75, 3.05) is 19.0 Å². The van der Waals surface area contributed by atoms with Crippen LogP contribution < -0.4 is 15.4 Å². The van der Waals surface area contributed by atoms with Crippen molar-refractivity contribution in [1.29, 1.82) is 0 Å². The topological polar surface area (TPSA) is 80.5 Å². The Morgan fingerprint density at radius 2 is 2.00 bits per heavy atom. The zero-order valence-electron chi connectivity index (χ0n) is 15.6. The number of hydrogen-bond acceptors (Lipinski definition) is 5. The molecule has 2 heterocycles. The van der Waals surface area contributed by atoms with Gasteiger partial charge < -0.3 is 15.4 Å². The van der Waals surface area contributed by atoms with Gasteiger partial charge in [0.2, 0.25) is 4.96 Å². The number of nitrogens with zero attached hydrogens (tertiary/aromatic N) is 3. The lowest BCUT2D eigenvalue weighted by molar-refractivity contribution is 0.252. The van der Waals surface area contributed by atoms with Crippen LogP contribution in [0, 0.1) is 5.82 Å². The number of carbonyl (C=O) groups excluding carboxylic acids is 1. The van der Waals surface area contributed by atoms with Gasteiger partial charge in [-0.15, -0.1) is 16.4 Å².